The van der Waals surface area contributed by atoms with Crippen LogP contribution < -0.4 is 5.32 Å². The summed E-state index contributed by atoms with van der Waals surface area (Å²) in [4.78, 5) is 36.5. The Morgan fingerprint density at radius 2 is 2.38 bits per heavy atom. The number of carbonyl (C=O) groups is 3. The molecule has 116 valence electrons. The zero-order valence-electron chi connectivity index (χ0n) is 11.9. The Morgan fingerprint density at radius 1 is 1.62 bits per heavy atom. The summed E-state index contributed by atoms with van der Waals surface area (Å²) < 4.78 is 8.80. The molecule has 3 amide bonds. The number of amides is 3. The maximum atomic E-state index is 12.0. The fraction of sp³-hybridized carbons (Fsp3) is 0.727. The van der Waals surface area contributed by atoms with Gasteiger partial charge in [-0.1, -0.05) is 0 Å². The number of hydrogen-bond donors (Lipinski definition) is 1. The van der Waals surface area contributed by atoms with Crippen molar-refractivity contribution in [1.29, 1.82) is 0 Å². The van der Waals surface area contributed by atoms with Crippen LogP contribution in [0.15, 0.2) is 4.67 Å². The average molecular weight is 331 g/mol. The second-order valence-electron chi connectivity index (χ2n) is 4.26. The number of likely N-dealkylation sites (tertiary alicyclic amines) is 1. The van der Waals surface area contributed by atoms with Crippen molar-refractivity contribution < 1.29 is 19.1 Å². The molecule has 2 atom stereocenters. The third-order valence-corrected chi connectivity index (χ3v) is 4.13. The van der Waals surface area contributed by atoms with Crippen LogP contribution in [0.5, 0.6) is 0 Å². The van der Waals surface area contributed by atoms with E-state index in [9.17, 15) is 14.4 Å². The minimum absolute atomic E-state index is 0.110. The summed E-state index contributed by atoms with van der Waals surface area (Å²) in [5.74, 6) is -0.688. The molecule has 2 unspecified atom stereocenters. The van der Waals surface area contributed by atoms with E-state index < -0.39 is 5.25 Å². The van der Waals surface area contributed by atoms with Gasteiger partial charge in [0.25, 0.3) is 0 Å². The van der Waals surface area contributed by atoms with Crippen LogP contribution in [0.2, 0.25) is 0 Å². The standard InChI is InChI=1S/C11H19BN3O4PS/c1-2-19-6-4-13-9(16)3-5-15-10(17)7-8(11(15)18)21-12-14-20/h8H,2-7,20H2,1H3,(H,13,16). The third kappa shape index (κ3) is 6.24. The first-order chi connectivity index (χ1) is 10.1. The van der Waals surface area contributed by atoms with Gasteiger partial charge in [-0.3, -0.25) is 0 Å². The van der Waals surface area contributed by atoms with E-state index in [2.05, 4.69) is 19.4 Å². The monoisotopic (exact) mass is 331 g/mol. The Labute approximate surface area is 131 Å². The molecular weight excluding hydrogens is 312 g/mol. The van der Waals surface area contributed by atoms with E-state index in [0.29, 0.717) is 19.8 Å². The van der Waals surface area contributed by atoms with Crippen molar-refractivity contribution in [2.24, 2.45) is 4.67 Å². The van der Waals surface area contributed by atoms with Crippen LogP contribution >= 0.6 is 21.0 Å². The van der Waals surface area contributed by atoms with Crippen LogP contribution in [0.3, 0.4) is 0 Å². The number of carbonyl (C=O) groups excluding carboxylic acids is 3. The first-order valence-electron chi connectivity index (χ1n) is 6.66. The zero-order valence-corrected chi connectivity index (χ0v) is 13.9. The van der Waals surface area contributed by atoms with E-state index in [4.69, 9.17) is 4.74 Å². The summed E-state index contributed by atoms with van der Waals surface area (Å²) in [6.45, 7) is 3.48. The van der Waals surface area contributed by atoms with Crippen molar-refractivity contribution in [3.05, 3.63) is 0 Å². The van der Waals surface area contributed by atoms with Gasteiger partial charge in [0.1, 0.15) is 0 Å². The molecule has 1 heterocycles. The minimum atomic E-state index is -0.428. The molecule has 0 saturated carbocycles. The Kier molecular flexibility index (Phi) is 8.72. The third-order valence-electron chi connectivity index (χ3n) is 2.82. The molecule has 0 spiro atoms. The van der Waals surface area contributed by atoms with Gasteiger partial charge in [-0.15, -0.1) is 0 Å². The average Bonchev–Trinajstić information content (AvgIpc) is 2.73. The molecule has 1 rings (SSSR count). The van der Waals surface area contributed by atoms with E-state index in [-0.39, 0.29) is 37.1 Å². The van der Waals surface area contributed by atoms with Crippen LogP contribution in [-0.4, -0.2) is 60.5 Å². The Morgan fingerprint density at radius 3 is 3.05 bits per heavy atom. The fourth-order valence-electron chi connectivity index (χ4n) is 1.81. The molecule has 0 bridgehead atoms. The van der Waals surface area contributed by atoms with E-state index in [1.165, 1.54) is 18.0 Å². The van der Waals surface area contributed by atoms with E-state index in [1.807, 2.05) is 6.92 Å². The van der Waals surface area contributed by atoms with Crippen LogP contribution in [0.1, 0.15) is 19.8 Å². The summed E-state index contributed by atoms with van der Waals surface area (Å²) in [7, 11) is 2.17. The van der Waals surface area contributed by atoms with E-state index in [0.717, 1.165) is 4.90 Å². The Balaban J connectivity index is 2.32. The molecule has 1 N–H and O–H groups in total. The normalized spacial score (nSPS) is 18.4. The molecule has 0 aromatic heterocycles. The number of nitrogens with one attached hydrogen (secondary N) is 1. The number of nitrogens with zero attached hydrogens (tertiary/aromatic N) is 2. The van der Waals surface area contributed by atoms with Gasteiger partial charge in [0.2, 0.25) is 0 Å². The van der Waals surface area contributed by atoms with Crippen LogP contribution in [0.25, 0.3) is 0 Å². The zero-order chi connectivity index (χ0) is 15.7. The van der Waals surface area contributed by atoms with Crippen LogP contribution in [-0.2, 0) is 19.1 Å². The molecule has 7 nitrogen and oxygen atoms in total. The number of imide groups is 1. The van der Waals surface area contributed by atoms with Crippen molar-refractivity contribution in [2.75, 3.05) is 26.3 Å². The van der Waals surface area contributed by atoms with Gasteiger partial charge in [0.05, 0.1) is 0 Å². The second-order valence-corrected chi connectivity index (χ2v) is 5.61. The van der Waals surface area contributed by atoms with Gasteiger partial charge in [-0.05, 0) is 6.92 Å². The predicted octanol–water partition coefficient (Wildman–Crippen LogP) is -0.0172. The van der Waals surface area contributed by atoms with Gasteiger partial charge in [-0.25, -0.2) is 0 Å². The fourth-order valence-corrected chi connectivity index (χ4v) is 2.72. The summed E-state index contributed by atoms with van der Waals surface area (Å²) in [6, 6.07) is 0. The second kappa shape index (κ2) is 10.0. The van der Waals surface area contributed by atoms with Gasteiger partial charge in [-0.2, -0.15) is 0 Å². The van der Waals surface area contributed by atoms with E-state index >= 15 is 0 Å². The first-order valence-corrected chi connectivity index (χ1v) is 8.11. The van der Waals surface area contributed by atoms with Crippen molar-refractivity contribution in [2.45, 2.75) is 25.0 Å². The first kappa shape index (κ1) is 18.3. The molecule has 1 aliphatic rings. The Bertz CT molecular complexity index is 424. The molecule has 0 aliphatic carbocycles. The molecule has 0 aromatic rings. The van der Waals surface area contributed by atoms with Crippen molar-refractivity contribution in [3.63, 3.8) is 0 Å². The van der Waals surface area contributed by atoms with Crippen LogP contribution in [0, 0.1) is 0 Å². The van der Waals surface area contributed by atoms with Gasteiger partial charge in [0.15, 0.2) is 0 Å². The van der Waals surface area contributed by atoms with Crippen LogP contribution in [0.4, 0.5) is 0 Å². The summed E-state index contributed by atoms with van der Waals surface area (Å²) in [5, 5.41) is 2.25. The molecule has 21 heavy (non-hydrogen) atoms. The topological polar surface area (TPSA) is 88.1 Å². The van der Waals surface area contributed by atoms with Crippen molar-refractivity contribution >= 4 is 45.1 Å². The van der Waals surface area contributed by atoms with Gasteiger partial charge < -0.3 is 0 Å². The summed E-state index contributed by atoms with van der Waals surface area (Å²) in [5.41, 5.74) is 0. The molecule has 1 saturated heterocycles. The van der Waals surface area contributed by atoms with Crippen molar-refractivity contribution in [3.8, 4) is 0 Å². The summed E-state index contributed by atoms with van der Waals surface area (Å²) >= 11 is 1.21. The summed E-state index contributed by atoms with van der Waals surface area (Å²) in [6.07, 6.45) is 1.79. The predicted molar refractivity (Wildman–Crippen MR) is 84.7 cm³/mol. The molecular formula is C11H19BN3O4PS. The maximum absolute atomic E-state index is 12.0. The molecule has 0 aromatic carbocycles. The molecule has 1 aliphatic heterocycles. The number of hydrogen-bond acceptors (Lipinski definition) is 6. The van der Waals surface area contributed by atoms with Gasteiger partial charge in [0, 0.05) is 0 Å². The molecule has 0 radical (unpaired) electrons. The van der Waals surface area contributed by atoms with Crippen molar-refractivity contribution in [1.82, 2.24) is 10.2 Å². The molecule has 10 heteroatoms. The Hall–Kier alpha value is -0.785. The van der Waals surface area contributed by atoms with E-state index in [1.54, 1.807) is 0 Å². The van der Waals surface area contributed by atoms with Gasteiger partial charge >= 0.3 is 123 Å². The number of rotatable bonds is 9. The quantitative estimate of drug-likeness (QED) is 0.278. The molecule has 1 fully saturated rings. The SMILES string of the molecule is CCOCCNC(=O)CCN1C(=O)CC(S/B=N/P)C1=O. The number of ether oxygens (including phenoxy) is 1.